The smallest absolute Gasteiger partial charge is 0.280 e. The van der Waals surface area contributed by atoms with Gasteiger partial charge >= 0.3 is 0 Å². The Kier molecular flexibility index (Phi) is 3.43. The van der Waals surface area contributed by atoms with Crippen LogP contribution in [0.1, 0.15) is 6.23 Å². The molecule has 0 saturated carbocycles. The van der Waals surface area contributed by atoms with Crippen molar-refractivity contribution in [1.82, 2.24) is 19.5 Å². The summed E-state index contributed by atoms with van der Waals surface area (Å²) in [5.41, 5.74) is 4.86. The van der Waals surface area contributed by atoms with Crippen LogP contribution in [0.5, 0.6) is 0 Å². The summed E-state index contributed by atoms with van der Waals surface area (Å²) >= 11 is 3.10. The molecule has 3 rings (SSSR count). The fourth-order valence-electron chi connectivity index (χ4n) is 2.26. The van der Waals surface area contributed by atoms with E-state index in [9.17, 15) is 14.3 Å². The molecular weight excluding hydrogens is 353 g/mol. The van der Waals surface area contributed by atoms with Crippen LogP contribution in [0.4, 0.5) is 10.3 Å². The van der Waals surface area contributed by atoms with Gasteiger partial charge in [-0.2, -0.15) is 4.98 Å². The first-order chi connectivity index (χ1) is 9.93. The highest BCUT2D eigenvalue weighted by molar-refractivity contribution is 9.10. The van der Waals surface area contributed by atoms with Gasteiger partial charge in [-0.25, -0.2) is 9.37 Å². The standard InChI is InChI=1S/C10H11BrFN5O4/c11-9-14-4-6(15-10(13)16-7(4)20)17(9)8-3(12)5(19)2(1-18)21-8/h2-3,5,8,18-19H,1H2,(H3,13,15,16,20)/t2-,3-,5-,8-/m1/s1. The van der Waals surface area contributed by atoms with E-state index in [2.05, 4.69) is 30.9 Å². The zero-order chi connectivity index (χ0) is 15.3. The molecule has 2 aromatic rings. The lowest BCUT2D eigenvalue weighted by Crippen LogP contribution is -2.30. The summed E-state index contributed by atoms with van der Waals surface area (Å²) in [5, 5.41) is 18.7. The van der Waals surface area contributed by atoms with E-state index in [1.54, 1.807) is 0 Å². The summed E-state index contributed by atoms with van der Waals surface area (Å²) in [4.78, 5) is 21.9. The van der Waals surface area contributed by atoms with Crippen LogP contribution in [0, 0.1) is 0 Å². The van der Waals surface area contributed by atoms with Gasteiger partial charge in [-0.15, -0.1) is 0 Å². The molecule has 1 saturated heterocycles. The molecule has 0 aromatic carbocycles. The van der Waals surface area contributed by atoms with E-state index in [-0.39, 0.29) is 21.8 Å². The SMILES string of the molecule is Nc1nc2c(nc(Br)n2[C@@H]2O[C@H](CO)[C@@H](O)[C@H]2F)c(=O)[nH]1. The second-order valence-electron chi connectivity index (χ2n) is 4.56. The Morgan fingerprint density at radius 1 is 1.52 bits per heavy atom. The summed E-state index contributed by atoms with van der Waals surface area (Å²) in [6, 6.07) is 0. The van der Waals surface area contributed by atoms with E-state index in [1.165, 1.54) is 4.57 Å². The van der Waals surface area contributed by atoms with Crippen molar-refractivity contribution in [3.8, 4) is 0 Å². The van der Waals surface area contributed by atoms with Crippen LogP contribution in [0.2, 0.25) is 0 Å². The molecule has 0 bridgehead atoms. The van der Waals surface area contributed by atoms with Crippen LogP contribution in [-0.2, 0) is 4.74 Å². The summed E-state index contributed by atoms with van der Waals surface area (Å²) in [6.45, 7) is -0.543. The van der Waals surface area contributed by atoms with Crippen LogP contribution in [-0.4, -0.2) is 54.7 Å². The number of aromatic amines is 1. The number of nitrogens with zero attached hydrogens (tertiary/aromatic N) is 3. The molecule has 0 radical (unpaired) electrons. The fourth-order valence-corrected chi connectivity index (χ4v) is 2.81. The van der Waals surface area contributed by atoms with Gasteiger partial charge in [-0.05, 0) is 15.9 Å². The quantitative estimate of drug-likeness (QED) is 0.504. The zero-order valence-corrected chi connectivity index (χ0v) is 12.0. The lowest BCUT2D eigenvalue weighted by atomic mass is 10.1. The molecule has 1 aliphatic rings. The normalized spacial score (nSPS) is 29.3. The number of imidazole rings is 1. The van der Waals surface area contributed by atoms with Gasteiger partial charge in [0.15, 0.2) is 28.3 Å². The molecule has 4 atom stereocenters. The number of aromatic nitrogens is 4. The van der Waals surface area contributed by atoms with E-state index < -0.39 is 36.8 Å². The molecule has 9 nitrogen and oxygen atoms in total. The Bertz CT molecular complexity index is 749. The van der Waals surface area contributed by atoms with Gasteiger partial charge in [0, 0.05) is 0 Å². The Morgan fingerprint density at radius 2 is 2.24 bits per heavy atom. The van der Waals surface area contributed by atoms with Crippen LogP contribution in [0.3, 0.4) is 0 Å². The molecule has 114 valence electrons. The van der Waals surface area contributed by atoms with E-state index in [0.717, 1.165) is 0 Å². The Morgan fingerprint density at radius 3 is 2.86 bits per heavy atom. The van der Waals surface area contributed by atoms with E-state index in [4.69, 9.17) is 15.6 Å². The maximum Gasteiger partial charge on any atom is 0.280 e. The van der Waals surface area contributed by atoms with Gasteiger partial charge in [0.25, 0.3) is 5.56 Å². The molecule has 0 unspecified atom stereocenters. The second kappa shape index (κ2) is 5.02. The van der Waals surface area contributed by atoms with Crippen molar-refractivity contribution in [2.45, 2.75) is 24.6 Å². The molecule has 1 aliphatic heterocycles. The average Bonchev–Trinajstić information content (AvgIpc) is 2.89. The minimum Gasteiger partial charge on any atom is -0.394 e. The van der Waals surface area contributed by atoms with Crippen LogP contribution in [0.15, 0.2) is 9.53 Å². The number of alkyl halides is 1. The van der Waals surface area contributed by atoms with Crippen LogP contribution < -0.4 is 11.3 Å². The largest absolute Gasteiger partial charge is 0.394 e. The minimum absolute atomic E-state index is 0.0153. The Hall–Kier alpha value is -1.56. The molecule has 1 fully saturated rings. The van der Waals surface area contributed by atoms with Crippen molar-refractivity contribution in [3.05, 3.63) is 15.1 Å². The zero-order valence-electron chi connectivity index (χ0n) is 10.4. The maximum atomic E-state index is 14.2. The van der Waals surface area contributed by atoms with Gasteiger partial charge in [-0.1, -0.05) is 0 Å². The molecule has 21 heavy (non-hydrogen) atoms. The van der Waals surface area contributed by atoms with E-state index in [0.29, 0.717) is 0 Å². The number of nitrogens with one attached hydrogen (secondary N) is 1. The first kappa shape index (κ1) is 14.4. The number of nitrogen functional groups attached to an aromatic ring is 1. The molecule has 0 amide bonds. The minimum atomic E-state index is -1.82. The predicted molar refractivity (Wildman–Crippen MR) is 72.2 cm³/mol. The first-order valence-corrected chi connectivity index (χ1v) is 6.75. The van der Waals surface area contributed by atoms with Crippen LogP contribution in [0.25, 0.3) is 11.2 Å². The first-order valence-electron chi connectivity index (χ1n) is 5.95. The number of aliphatic hydroxyl groups is 2. The Balaban J connectivity index is 2.17. The van der Waals surface area contributed by atoms with Crippen molar-refractivity contribution in [2.75, 3.05) is 12.3 Å². The third-order valence-electron chi connectivity index (χ3n) is 3.25. The number of halogens is 2. The predicted octanol–water partition coefficient (Wildman–Crippen LogP) is -0.947. The highest BCUT2D eigenvalue weighted by Crippen LogP contribution is 2.35. The highest BCUT2D eigenvalue weighted by Gasteiger charge is 2.46. The van der Waals surface area contributed by atoms with Gasteiger partial charge in [-0.3, -0.25) is 14.3 Å². The van der Waals surface area contributed by atoms with Gasteiger partial charge in [0.2, 0.25) is 5.95 Å². The fraction of sp³-hybridized carbons (Fsp3) is 0.500. The maximum absolute atomic E-state index is 14.2. The average molecular weight is 364 g/mol. The van der Waals surface area contributed by atoms with Crippen molar-refractivity contribution in [2.24, 2.45) is 0 Å². The van der Waals surface area contributed by atoms with Crippen molar-refractivity contribution >= 4 is 33.0 Å². The summed E-state index contributed by atoms with van der Waals surface area (Å²) in [6.07, 6.45) is -5.68. The van der Waals surface area contributed by atoms with Crippen molar-refractivity contribution in [1.29, 1.82) is 0 Å². The summed E-state index contributed by atoms with van der Waals surface area (Å²) in [7, 11) is 0. The number of hydrogen-bond acceptors (Lipinski definition) is 7. The monoisotopic (exact) mass is 363 g/mol. The molecule has 11 heteroatoms. The molecule has 5 N–H and O–H groups in total. The van der Waals surface area contributed by atoms with E-state index in [1.807, 2.05) is 0 Å². The number of anilines is 1. The van der Waals surface area contributed by atoms with Crippen molar-refractivity contribution in [3.63, 3.8) is 0 Å². The second-order valence-corrected chi connectivity index (χ2v) is 5.27. The lowest BCUT2D eigenvalue weighted by Gasteiger charge is -2.16. The molecular formula is C10H11BrFN5O4. The number of H-pyrrole nitrogens is 1. The van der Waals surface area contributed by atoms with Crippen LogP contribution >= 0.6 is 15.9 Å². The molecule has 3 heterocycles. The number of nitrogens with two attached hydrogens (primary N) is 1. The van der Waals surface area contributed by atoms with Gasteiger partial charge in [0.1, 0.15) is 12.2 Å². The number of fused-ring (bicyclic) bond motifs is 1. The van der Waals surface area contributed by atoms with Gasteiger partial charge in [0.05, 0.1) is 6.61 Å². The summed E-state index contributed by atoms with van der Waals surface area (Å²) < 4.78 is 20.7. The van der Waals surface area contributed by atoms with E-state index >= 15 is 0 Å². The van der Waals surface area contributed by atoms with Gasteiger partial charge < -0.3 is 20.7 Å². The van der Waals surface area contributed by atoms with Crippen molar-refractivity contribution < 1.29 is 19.3 Å². The lowest BCUT2D eigenvalue weighted by molar-refractivity contribution is -0.0467. The number of ether oxygens (including phenoxy) is 1. The number of rotatable bonds is 2. The topological polar surface area (TPSA) is 139 Å². The molecule has 2 aromatic heterocycles. The highest BCUT2D eigenvalue weighted by atomic mass is 79.9. The molecule has 0 aliphatic carbocycles. The Labute approximate surface area is 124 Å². The number of hydrogen-bond donors (Lipinski definition) is 4. The summed E-state index contributed by atoms with van der Waals surface area (Å²) in [5.74, 6) is -0.159. The number of aliphatic hydroxyl groups excluding tert-OH is 2. The third-order valence-corrected chi connectivity index (χ3v) is 3.81. The third kappa shape index (κ3) is 2.12. The molecule has 0 spiro atoms.